The van der Waals surface area contributed by atoms with Crippen LogP contribution in [-0.4, -0.2) is 22.0 Å². The molecule has 21 heavy (non-hydrogen) atoms. The summed E-state index contributed by atoms with van der Waals surface area (Å²) in [6.45, 7) is 1.89. The molecule has 6 heteroatoms. The molecule has 0 radical (unpaired) electrons. The predicted octanol–water partition coefficient (Wildman–Crippen LogP) is 2.73. The molecule has 2 heterocycles. The molecular formula is C15H14N2O3S. The van der Waals surface area contributed by atoms with E-state index < -0.39 is 5.97 Å². The third-order valence-corrected chi connectivity index (χ3v) is 3.83. The van der Waals surface area contributed by atoms with Gasteiger partial charge in [-0.3, -0.25) is 9.78 Å². The Hall–Kier alpha value is -2.47. The third kappa shape index (κ3) is 4.00. The molecule has 0 aliphatic rings. The average Bonchev–Trinajstić information content (AvgIpc) is 2.99. The fourth-order valence-corrected chi connectivity index (χ4v) is 2.51. The first kappa shape index (κ1) is 14.9. The highest BCUT2D eigenvalue weighted by molar-refractivity contribution is 7.10. The van der Waals surface area contributed by atoms with E-state index in [4.69, 9.17) is 5.11 Å². The minimum absolute atomic E-state index is 0.129. The van der Waals surface area contributed by atoms with E-state index in [0.717, 1.165) is 11.0 Å². The quantitative estimate of drug-likeness (QED) is 0.832. The van der Waals surface area contributed by atoms with Gasteiger partial charge in [-0.25, -0.2) is 4.79 Å². The molecule has 0 bridgehead atoms. The number of thiophene rings is 1. The number of carboxylic acid groups (broad SMARTS) is 1. The smallest absolute Gasteiger partial charge is 0.328 e. The van der Waals surface area contributed by atoms with E-state index in [9.17, 15) is 9.59 Å². The van der Waals surface area contributed by atoms with Gasteiger partial charge in [-0.15, -0.1) is 11.3 Å². The minimum atomic E-state index is -1.07. The molecule has 0 aromatic carbocycles. The number of aliphatic carboxylic acids is 1. The van der Waals surface area contributed by atoms with Crippen LogP contribution in [0.4, 0.5) is 0 Å². The van der Waals surface area contributed by atoms with E-state index in [2.05, 4.69) is 10.3 Å². The van der Waals surface area contributed by atoms with E-state index in [1.165, 1.54) is 12.3 Å². The van der Waals surface area contributed by atoms with Crippen molar-refractivity contribution in [3.8, 4) is 0 Å². The van der Waals surface area contributed by atoms with Gasteiger partial charge in [0.1, 0.15) is 5.69 Å². The molecule has 0 saturated heterocycles. The Balaban J connectivity index is 2.17. The Morgan fingerprint density at radius 2 is 2.19 bits per heavy atom. The molecule has 2 aromatic rings. The summed E-state index contributed by atoms with van der Waals surface area (Å²) in [6, 6.07) is 7.04. The summed E-state index contributed by atoms with van der Waals surface area (Å²) < 4.78 is 0. The number of carbonyl (C=O) groups excluding carboxylic acids is 1. The maximum atomic E-state index is 12.3. The van der Waals surface area contributed by atoms with Gasteiger partial charge in [0.15, 0.2) is 0 Å². The number of carboxylic acids is 1. The standard InChI is InChI=1S/C15H14N2O3S/c1-10(12-5-3-9-21-12)17-15(20)14-11(4-2-8-16-14)6-7-13(18)19/h2-10H,1H3,(H,17,20)(H,18,19)/b7-6+. The van der Waals surface area contributed by atoms with Gasteiger partial charge in [-0.1, -0.05) is 12.1 Å². The second-order valence-electron chi connectivity index (χ2n) is 4.32. The first-order valence-corrected chi connectivity index (χ1v) is 7.16. The molecular weight excluding hydrogens is 288 g/mol. The monoisotopic (exact) mass is 302 g/mol. The van der Waals surface area contributed by atoms with Crippen molar-refractivity contribution in [2.45, 2.75) is 13.0 Å². The van der Waals surface area contributed by atoms with Crippen molar-refractivity contribution in [3.05, 3.63) is 58.1 Å². The molecule has 2 rings (SSSR count). The van der Waals surface area contributed by atoms with Crippen LogP contribution in [0.5, 0.6) is 0 Å². The van der Waals surface area contributed by atoms with Crippen molar-refractivity contribution in [1.29, 1.82) is 0 Å². The number of aromatic nitrogens is 1. The molecule has 108 valence electrons. The lowest BCUT2D eigenvalue weighted by Crippen LogP contribution is -2.27. The minimum Gasteiger partial charge on any atom is -0.478 e. The van der Waals surface area contributed by atoms with Gasteiger partial charge in [0.25, 0.3) is 5.91 Å². The highest BCUT2D eigenvalue weighted by Gasteiger charge is 2.15. The van der Waals surface area contributed by atoms with Crippen LogP contribution in [0, 0.1) is 0 Å². The Morgan fingerprint density at radius 3 is 2.86 bits per heavy atom. The van der Waals surface area contributed by atoms with Gasteiger partial charge in [0, 0.05) is 22.7 Å². The molecule has 5 nitrogen and oxygen atoms in total. The van der Waals surface area contributed by atoms with Crippen molar-refractivity contribution in [2.75, 3.05) is 0 Å². The largest absolute Gasteiger partial charge is 0.478 e. The zero-order valence-electron chi connectivity index (χ0n) is 11.3. The van der Waals surface area contributed by atoms with Crippen LogP contribution in [0.2, 0.25) is 0 Å². The summed E-state index contributed by atoms with van der Waals surface area (Å²) in [6.07, 6.45) is 3.85. The second-order valence-corrected chi connectivity index (χ2v) is 5.30. The summed E-state index contributed by atoms with van der Waals surface area (Å²) in [4.78, 5) is 27.9. The van der Waals surface area contributed by atoms with E-state index in [0.29, 0.717) is 5.56 Å². The van der Waals surface area contributed by atoms with Gasteiger partial charge in [0.2, 0.25) is 0 Å². The first-order chi connectivity index (χ1) is 10.1. The fraction of sp³-hybridized carbons (Fsp3) is 0.133. The third-order valence-electron chi connectivity index (χ3n) is 2.78. The molecule has 0 saturated carbocycles. The van der Waals surface area contributed by atoms with Gasteiger partial charge in [-0.05, 0) is 30.5 Å². The van der Waals surface area contributed by atoms with E-state index >= 15 is 0 Å². The van der Waals surface area contributed by atoms with Crippen molar-refractivity contribution in [1.82, 2.24) is 10.3 Å². The van der Waals surface area contributed by atoms with Gasteiger partial charge in [-0.2, -0.15) is 0 Å². The highest BCUT2D eigenvalue weighted by atomic mass is 32.1. The summed E-state index contributed by atoms with van der Waals surface area (Å²) in [5, 5.41) is 13.5. The van der Waals surface area contributed by atoms with Crippen LogP contribution in [0.3, 0.4) is 0 Å². The average molecular weight is 302 g/mol. The molecule has 0 aliphatic carbocycles. The maximum Gasteiger partial charge on any atom is 0.328 e. The highest BCUT2D eigenvalue weighted by Crippen LogP contribution is 2.19. The number of hydrogen-bond donors (Lipinski definition) is 2. The van der Waals surface area contributed by atoms with Crippen LogP contribution in [0.25, 0.3) is 6.08 Å². The summed E-state index contributed by atoms with van der Waals surface area (Å²) >= 11 is 1.56. The number of nitrogens with one attached hydrogen (secondary N) is 1. The van der Waals surface area contributed by atoms with Crippen LogP contribution in [0.1, 0.15) is 33.9 Å². The second kappa shape index (κ2) is 6.81. The predicted molar refractivity (Wildman–Crippen MR) is 81.1 cm³/mol. The Labute approximate surface area is 126 Å². The summed E-state index contributed by atoms with van der Waals surface area (Å²) in [5.74, 6) is -1.40. The summed E-state index contributed by atoms with van der Waals surface area (Å²) in [5.41, 5.74) is 0.675. The van der Waals surface area contributed by atoms with Crippen LogP contribution in [-0.2, 0) is 4.79 Å². The van der Waals surface area contributed by atoms with E-state index in [1.54, 1.807) is 23.5 Å². The fourth-order valence-electron chi connectivity index (χ4n) is 1.78. The van der Waals surface area contributed by atoms with Gasteiger partial charge < -0.3 is 10.4 Å². The van der Waals surface area contributed by atoms with Gasteiger partial charge in [0.05, 0.1) is 6.04 Å². The molecule has 1 unspecified atom stereocenters. The first-order valence-electron chi connectivity index (χ1n) is 6.28. The van der Waals surface area contributed by atoms with E-state index in [1.807, 2.05) is 24.4 Å². The topological polar surface area (TPSA) is 79.3 Å². The Kier molecular flexibility index (Phi) is 4.84. The van der Waals surface area contributed by atoms with Crippen molar-refractivity contribution in [2.24, 2.45) is 0 Å². The molecule has 2 N–H and O–H groups in total. The Bertz CT molecular complexity index is 665. The number of pyridine rings is 1. The zero-order valence-corrected chi connectivity index (χ0v) is 12.1. The number of rotatable bonds is 5. The van der Waals surface area contributed by atoms with Crippen molar-refractivity contribution in [3.63, 3.8) is 0 Å². The summed E-state index contributed by atoms with van der Waals surface area (Å²) in [7, 11) is 0. The normalized spacial score (nSPS) is 12.2. The number of amides is 1. The number of hydrogen-bond acceptors (Lipinski definition) is 4. The molecule has 1 atom stereocenters. The molecule has 0 spiro atoms. The van der Waals surface area contributed by atoms with Crippen LogP contribution < -0.4 is 5.32 Å². The number of carbonyl (C=O) groups is 2. The van der Waals surface area contributed by atoms with Crippen molar-refractivity contribution >= 4 is 29.3 Å². The zero-order chi connectivity index (χ0) is 15.2. The van der Waals surface area contributed by atoms with Crippen molar-refractivity contribution < 1.29 is 14.7 Å². The molecule has 2 aromatic heterocycles. The Morgan fingerprint density at radius 1 is 1.38 bits per heavy atom. The van der Waals surface area contributed by atoms with E-state index in [-0.39, 0.29) is 17.6 Å². The molecule has 1 amide bonds. The van der Waals surface area contributed by atoms with Crippen LogP contribution in [0.15, 0.2) is 41.9 Å². The number of nitrogens with zero attached hydrogens (tertiary/aromatic N) is 1. The SMILES string of the molecule is CC(NC(=O)c1ncccc1/C=C/C(=O)O)c1cccs1. The van der Waals surface area contributed by atoms with Gasteiger partial charge >= 0.3 is 5.97 Å². The molecule has 0 fully saturated rings. The lowest BCUT2D eigenvalue weighted by atomic mass is 10.1. The maximum absolute atomic E-state index is 12.3. The lowest BCUT2D eigenvalue weighted by molar-refractivity contribution is -0.131. The lowest BCUT2D eigenvalue weighted by Gasteiger charge is -2.12. The molecule has 0 aliphatic heterocycles. The van der Waals surface area contributed by atoms with Crippen LogP contribution >= 0.6 is 11.3 Å².